The molecule has 0 aliphatic rings. The highest BCUT2D eigenvalue weighted by Gasteiger charge is 2.15. The average Bonchev–Trinajstić information content (AvgIpc) is 2.96. The van der Waals surface area contributed by atoms with E-state index in [1.807, 2.05) is 19.9 Å². The fourth-order valence-electron chi connectivity index (χ4n) is 1.72. The summed E-state index contributed by atoms with van der Waals surface area (Å²) in [7, 11) is 0. The Kier molecular flexibility index (Phi) is 2.75. The van der Waals surface area contributed by atoms with E-state index in [0.717, 1.165) is 15.4 Å². The number of hydrogen-bond acceptors (Lipinski definition) is 7. The summed E-state index contributed by atoms with van der Waals surface area (Å²) in [5.41, 5.74) is 7.43. The lowest BCUT2D eigenvalue weighted by Gasteiger charge is -1.93. The van der Waals surface area contributed by atoms with Gasteiger partial charge < -0.3 is 10.3 Å². The second kappa shape index (κ2) is 4.43. The van der Waals surface area contributed by atoms with Gasteiger partial charge in [0.25, 0.3) is 5.89 Å². The van der Waals surface area contributed by atoms with Crippen LogP contribution in [-0.2, 0) is 0 Å². The first-order chi connectivity index (χ1) is 9.13. The van der Waals surface area contributed by atoms with Crippen molar-refractivity contribution < 1.29 is 4.52 Å². The van der Waals surface area contributed by atoms with Gasteiger partial charge in [0, 0.05) is 6.20 Å². The summed E-state index contributed by atoms with van der Waals surface area (Å²) >= 11 is 1.43. The van der Waals surface area contributed by atoms with E-state index >= 15 is 0 Å². The van der Waals surface area contributed by atoms with Crippen LogP contribution in [0, 0.1) is 13.8 Å². The lowest BCUT2D eigenvalue weighted by atomic mass is 10.3. The highest BCUT2D eigenvalue weighted by molar-refractivity contribution is 7.19. The number of thiophene rings is 1. The summed E-state index contributed by atoms with van der Waals surface area (Å²) in [4.78, 5) is 13.5. The molecule has 0 atom stereocenters. The molecule has 0 fully saturated rings. The molecule has 19 heavy (non-hydrogen) atoms. The van der Waals surface area contributed by atoms with Crippen LogP contribution < -0.4 is 5.73 Å². The van der Waals surface area contributed by atoms with Gasteiger partial charge >= 0.3 is 0 Å². The van der Waals surface area contributed by atoms with E-state index in [9.17, 15) is 0 Å². The summed E-state index contributed by atoms with van der Waals surface area (Å²) in [6.45, 7) is 3.77. The quantitative estimate of drug-likeness (QED) is 0.771. The highest BCUT2D eigenvalue weighted by atomic mass is 32.1. The largest absolute Gasteiger partial charge is 0.391 e. The zero-order valence-corrected chi connectivity index (χ0v) is 11.2. The van der Waals surface area contributed by atoms with Crippen LogP contribution >= 0.6 is 11.3 Å². The molecular weight excluding hydrogens is 262 g/mol. The van der Waals surface area contributed by atoms with E-state index in [1.165, 1.54) is 11.3 Å². The number of nitrogens with zero attached hydrogens (tertiary/aromatic N) is 4. The number of rotatable bonds is 2. The van der Waals surface area contributed by atoms with Gasteiger partial charge in [-0.2, -0.15) is 4.98 Å². The summed E-state index contributed by atoms with van der Waals surface area (Å²) in [5.74, 6) is 1.58. The van der Waals surface area contributed by atoms with E-state index in [0.29, 0.717) is 23.2 Å². The maximum Gasteiger partial charge on any atom is 0.268 e. The highest BCUT2D eigenvalue weighted by Crippen LogP contribution is 2.33. The molecule has 6 nitrogen and oxygen atoms in total. The molecule has 0 aliphatic carbocycles. The Balaban J connectivity index is 2.02. The van der Waals surface area contributed by atoms with Gasteiger partial charge in [-0.25, -0.2) is 9.97 Å². The number of nitrogen functional groups attached to an aromatic ring is 1. The number of aryl methyl sites for hydroxylation is 2. The maximum absolute atomic E-state index is 5.76. The number of hydrogen-bond donors (Lipinski definition) is 1. The fraction of sp³-hybridized carbons (Fsp3) is 0.167. The van der Waals surface area contributed by atoms with Gasteiger partial charge in [0.05, 0.1) is 9.88 Å². The molecule has 0 spiro atoms. The van der Waals surface area contributed by atoms with Crippen LogP contribution in [-0.4, -0.2) is 20.1 Å². The molecule has 0 aliphatic heterocycles. The summed E-state index contributed by atoms with van der Waals surface area (Å²) in [5, 5.41) is 4.67. The van der Waals surface area contributed by atoms with Crippen LogP contribution in [0.15, 0.2) is 22.9 Å². The van der Waals surface area contributed by atoms with E-state index < -0.39 is 0 Å². The molecular formula is C12H11N5OS. The van der Waals surface area contributed by atoms with Crippen LogP contribution in [0.4, 0.5) is 5.00 Å². The van der Waals surface area contributed by atoms with Crippen molar-refractivity contribution >= 4 is 16.3 Å². The molecule has 2 N–H and O–H groups in total. The number of aromatic nitrogens is 4. The standard InChI is InChI=1S/C12H11N5OS/c1-6-5-9(13)19-10(6)12-16-11(17-18-12)8-3-4-14-7(2)15-8/h3-5H,13H2,1-2H3. The predicted octanol–water partition coefficient (Wildman–Crippen LogP) is 2.45. The van der Waals surface area contributed by atoms with Gasteiger partial charge in [0.2, 0.25) is 5.82 Å². The third kappa shape index (κ3) is 2.19. The summed E-state index contributed by atoms with van der Waals surface area (Å²) in [6.07, 6.45) is 1.67. The third-order valence-electron chi connectivity index (χ3n) is 2.56. The molecule has 7 heteroatoms. The Hall–Kier alpha value is -2.28. The molecule has 3 aromatic rings. The maximum atomic E-state index is 5.76. The zero-order chi connectivity index (χ0) is 13.4. The normalized spacial score (nSPS) is 10.8. The summed E-state index contributed by atoms with van der Waals surface area (Å²) in [6, 6.07) is 3.63. The molecule has 0 bridgehead atoms. The van der Waals surface area contributed by atoms with Crippen LogP contribution in [0.5, 0.6) is 0 Å². The molecule has 0 unspecified atom stereocenters. The molecule has 0 radical (unpaired) electrons. The lowest BCUT2D eigenvalue weighted by Crippen LogP contribution is -1.91. The van der Waals surface area contributed by atoms with Crippen molar-refractivity contribution in [2.24, 2.45) is 0 Å². The molecule has 3 aromatic heterocycles. The van der Waals surface area contributed by atoms with Crippen LogP contribution in [0.3, 0.4) is 0 Å². The zero-order valence-electron chi connectivity index (χ0n) is 10.4. The molecule has 0 saturated carbocycles. The molecule has 0 amide bonds. The molecule has 3 rings (SSSR count). The fourth-order valence-corrected chi connectivity index (χ4v) is 2.58. The topological polar surface area (TPSA) is 90.7 Å². The van der Waals surface area contributed by atoms with Crippen molar-refractivity contribution in [1.82, 2.24) is 20.1 Å². The first-order valence-corrected chi connectivity index (χ1v) is 6.45. The smallest absolute Gasteiger partial charge is 0.268 e. The van der Waals surface area contributed by atoms with E-state index in [2.05, 4.69) is 20.1 Å². The van der Waals surface area contributed by atoms with Crippen molar-refractivity contribution in [2.45, 2.75) is 13.8 Å². The molecule has 3 heterocycles. The van der Waals surface area contributed by atoms with Crippen molar-refractivity contribution in [2.75, 3.05) is 5.73 Å². The first-order valence-electron chi connectivity index (χ1n) is 5.63. The lowest BCUT2D eigenvalue weighted by molar-refractivity contribution is 0.433. The van der Waals surface area contributed by atoms with Crippen molar-refractivity contribution in [3.8, 4) is 22.3 Å². The van der Waals surface area contributed by atoms with E-state index in [1.54, 1.807) is 12.3 Å². The first kappa shape index (κ1) is 11.8. The SMILES string of the molecule is Cc1nccc(-c2noc(-c3sc(N)cc3C)n2)n1. The Labute approximate surface area is 113 Å². The van der Waals surface area contributed by atoms with Crippen LogP contribution in [0.2, 0.25) is 0 Å². The predicted molar refractivity (Wildman–Crippen MR) is 72.5 cm³/mol. The summed E-state index contributed by atoms with van der Waals surface area (Å²) < 4.78 is 5.27. The Morgan fingerprint density at radius 1 is 1.26 bits per heavy atom. The Morgan fingerprint density at radius 3 is 2.79 bits per heavy atom. The molecule has 96 valence electrons. The third-order valence-corrected chi connectivity index (χ3v) is 3.62. The minimum absolute atomic E-state index is 0.451. The van der Waals surface area contributed by atoms with Crippen molar-refractivity contribution in [3.63, 3.8) is 0 Å². The van der Waals surface area contributed by atoms with E-state index in [-0.39, 0.29) is 0 Å². The van der Waals surface area contributed by atoms with Crippen molar-refractivity contribution in [1.29, 1.82) is 0 Å². The Bertz CT molecular complexity index is 733. The molecule has 0 aromatic carbocycles. The van der Waals surface area contributed by atoms with Gasteiger partial charge in [0.1, 0.15) is 11.5 Å². The second-order valence-corrected chi connectivity index (χ2v) is 5.16. The Morgan fingerprint density at radius 2 is 2.11 bits per heavy atom. The van der Waals surface area contributed by atoms with E-state index in [4.69, 9.17) is 10.3 Å². The number of anilines is 1. The minimum Gasteiger partial charge on any atom is -0.391 e. The monoisotopic (exact) mass is 273 g/mol. The second-order valence-electron chi connectivity index (χ2n) is 4.07. The van der Waals surface area contributed by atoms with Crippen LogP contribution in [0.1, 0.15) is 11.4 Å². The number of nitrogens with two attached hydrogens (primary N) is 1. The van der Waals surface area contributed by atoms with Gasteiger partial charge in [0.15, 0.2) is 0 Å². The molecule has 0 saturated heterocycles. The van der Waals surface area contributed by atoms with Gasteiger partial charge in [-0.05, 0) is 31.5 Å². The van der Waals surface area contributed by atoms with Gasteiger partial charge in [-0.1, -0.05) is 5.16 Å². The van der Waals surface area contributed by atoms with Gasteiger partial charge in [-0.15, -0.1) is 11.3 Å². The minimum atomic E-state index is 0.451. The average molecular weight is 273 g/mol. The van der Waals surface area contributed by atoms with Crippen molar-refractivity contribution in [3.05, 3.63) is 29.7 Å². The van der Waals surface area contributed by atoms with Crippen LogP contribution in [0.25, 0.3) is 22.3 Å². The van der Waals surface area contributed by atoms with Gasteiger partial charge in [-0.3, -0.25) is 0 Å².